The Morgan fingerprint density at radius 1 is 0.939 bits per heavy atom. The number of hydrogen-bond acceptors (Lipinski definition) is 10. The van der Waals surface area contributed by atoms with Crippen molar-refractivity contribution in [2.24, 2.45) is 11.8 Å². The number of hydrogen-bond donors (Lipinski definition) is 4. The van der Waals surface area contributed by atoms with E-state index in [1.807, 2.05) is 30.3 Å². The average molecular weight is 710 g/mol. The Morgan fingerprint density at radius 3 is 2.24 bits per heavy atom. The molecule has 1 fully saturated rings. The third-order valence-corrected chi connectivity index (χ3v) is 8.85. The molecule has 0 bridgehead atoms. The van der Waals surface area contributed by atoms with Crippen LogP contribution in [0, 0.1) is 11.8 Å². The van der Waals surface area contributed by atoms with Crippen LogP contribution in [-0.4, -0.2) is 105 Å². The van der Waals surface area contributed by atoms with Gasteiger partial charge in [-0.3, -0.25) is 14.4 Å². The van der Waals surface area contributed by atoms with Crippen LogP contribution in [0.4, 0.5) is 9.59 Å². The third-order valence-electron chi connectivity index (χ3n) is 7.94. The summed E-state index contributed by atoms with van der Waals surface area (Å²) in [5.41, 5.74) is 0.834. The van der Waals surface area contributed by atoms with Gasteiger partial charge in [-0.2, -0.15) is 0 Å². The van der Waals surface area contributed by atoms with E-state index in [0.717, 1.165) is 11.8 Å². The number of nitrogens with one attached hydrogen (secondary N) is 4. The van der Waals surface area contributed by atoms with Crippen molar-refractivity contribution in [3.05, 3.63) is 35.9 Å². The highest BCUT2D eigenvalue weighted by Gasteiger charge is 2.40. The Labute approximate surface area is 288 Å². The van der Waals surface area contributed by atoms with Gasteiger partial charge < -0.3 is 40.4 Å². The summed E-state index contributed by atoms with van der Waals surface area (Å²) in [6.07, 6.45) is 1.89. The number of carbonyl (C=O) groups excluding carboxylic acids is 6. The molecule has 1 aliphatic rings. The Hall–Kier alpha value is -4.21. The van der Waals surface area contributed by atoms with E-state index < -0.39 is 82.2 Å². The smallest absolute Gasteiger partial charge is 0.407 e. The molecule has 1 aromatic carbocycles. The van der Waals surface area contributed by atoms with Gasteiger partial charge in [-0.1, -0.05) is 58.0 Å². The van der Waals surface area contributed by atoms with Crippen molar-refractivity contribution in [1.82, 2.24) is 26.2 Å². The van der Waals surface area contributed by atoms with Crippen molar-refractivity contribution in [3.8, 4) is 0 Å². The van der Waals surface area contributed by atoms with Gasteiger partial charge in [0.05, 0.1) is 11.8 Å². The summed E-state index contributed by atoms with van der Waals surface area (Å²) < 4.78 is 33.0. The number of likely N-dealkylation sites (tertiary alicyclic amines) is 1. The predicted molar refractivity (Wildman–Crippen MR) is 181 cm³/mol. The van der Waals surface area contributed by atoms with Crippen LogP contribution in [0.3, 0.4) is 0 Å². The van der Waals surface area contributed by atoms with E-state index in [1.165, 1.54) is 4.90 Å². The molecule has 0 aromatic heterocycles. The van der Waals surface area contributed by atoms with E-state index in [0.29, 0.717) is 38.5 Å². The van der Waals surface area contributed by atoms with Gasteiger partial charge in [-0.15, -0.1) is 0 Å². The van der Waals surface area contributed by atoms with E-state index in [2.05, 4.69) is 21.3 Å². The lowest BCUT2D eigenvalue weighted by molar-refractivity contribution is -0.143. The molecule has 5 amide bonds. The lowest BCUT2D eigenvalue weighted by Gasteiger charge is -2.32. The second kappa shape index (κ2) is 20.3. The van der Waals surface area contributed by atoms with E-state index in [1.54, 1.807) is 27.7 Å². The predicted octanol–water partition coefficient (Wildman–Crippen LogP) is 1.69. The standard InChI is InChI=1S/C33H51N5O10S/c1-22(2)26(20-39)35-30(41)27-15-11-17-38(27)31(42)28(23(3)4)37-29(40)25(36-33(44)47-18-19-49(5,45)46)14-9-10-16-34-32(43)48-21-24-12-7-6-8-13-24/h6-8,12-13,20,22-23,25-28H,9-11,14-19,21H2,1-5H3,(H,34,43)(H,35,41)(H,36,44)(H,37,40)/t25-,26+,27-,28-/m0/s1. The molecule has 274 valence electrons. The molecule has 4 atom stereocenters. The maximum Gasteiger partial charge on any atom is 0.407 e. The normalized spacial score (nSPS) is 16.3. The second-order valence-electron chi connectivity index (χ2n) is 12.8. The minimum absolute atomic E-state index is 0.101. The van der Waals surface area contributed by atoms with Gasteiger partial charge in [-0.05, 0) is 49.5 Å². The van der Waals surface area contributed by atoms with Crippen molar-refractivity contribution in [2.45, 2.75) is 90.6 Å². The molecule has 2 rings (SSSR count). The van der Waals surface area contributed by atoms with Crippen LogP contribution < -0.4 is 21.3 Å². The Balaban J connectivity index is 2.05. The molecule has 49 heavy (non-hydrogen) atoms. The van der Waals surface area contributed by atoms with E-state index in [4.69, 9.17) is 9.47 Å². The van der Waals surface area contributed by atoms with Crippen molar-refractivity contribution < 1.29 is 46.7 Å². The van der Waals surface area contributed by atoms with Gasteiger partial charge in [0.15, 0.2) is 9.84 Å². The molecular formula is C33H51N5O10S. The lowest BCUT2D eigenvalue weighted by atomic mass is 10.0. The molecule has 0 radical (unpaired) electrons. The molecular weight excluding hydrogens is 658 g/mol. The molecule has 16 heteroatoms. The maximum absolute atomic E-state index is 13.8. The van der Waals surface area contributed by atoms with Crippen LogP contribution >= 0.6 is 0 Å². The van der Waals surface area contributed by atoms with Crippen molar-refractivity contribution in [1.29, 1.82) is 0 Å². The first kappa shape index (κ1) is 41.0. The molecule has 4 N–H and O–H groups in total. The molecule has 1 saturated heterocycles. The number of sulfone groups is 1. The minimum atomic E-state index is -3.40. The van der Waals surface area contributed by atoms with E-state index in [-0.39, 0.29) is 25.5 Å². The maximum atomic E-state index is 13.8. The molecule has 0 aliphatic carbocycles. The van der Waals surface area contributed by atoms with Gasteiger partial charge in [0.2, 0.25) is 17.7 Å². The fourth-order valence-corrected chi connectivity index (χ4v) is 5.43. The number of amides is 5. The molecule has 1 heterocycles. The molecule has 0 unspecified atom stereocenters. The van der Waals surface area contributed by atoms with Gasteiger partial charge in [0.25, 0.3) is 0 Å². The number of benzene rings is 1. The Bertz CT molecular complexity index is 1370. The fraction of sp³-hybridized carbons (Fsp3) is 0.636. The monoisotopic (exact) mass is 709 g/mol. The van der Waals surface area contributed by atoms with E-state index >= 15 is 0 Å². The number of unbranched alkanes of at least 4 members (excludes halogenated alkanes) is 1. The zero-order valence-corrected chi connectivity index (χ0v) is 29.8. The summed E-state index contributed by atoms with van der Waals surface area (Å²) in [6.45, 7) is 7.28. The average Bonchev–Trinajstić information content (AvgIpc) is 3.54. The first-order valence-electron chi connectivity index (χ1n) is 16.5. The summed E-state index contributed by atoms with van der Waals surface area (Å²) >= 11 is 0. The first-order chi connectivity index (χ1) is 23.1. The van der Waals surface area contributed by atoms with Crippen LogP contribution in [0.15, 0.2) is 30.3 Å². The minimum Gasteiger partial charge on any atom is -0.448 e. The number of aldehydes is 1. The number of ether oxygens (including phenoxy) is 2. The van der Waals surface area contributed by atoms with Crippen LogP contribution in [-0.2, 0) is 45.1 Å². The highest BCUT2D eigenvalue weighted by molar-refractivity contribution is 7.90. The molecule has 0 spiro atoms. The van der Waals surface area contributed by atoms with Crippen molar-refractivity contribution in [2.75, 3.05) is 31.7 Å². The summed E-state index contributed by atoms with van der Waals surface area (Å²) in [4.78, 5) is 77.8. The quantitative estimate of drug-likeness (QED) is 0.121. The number of carbonyl (C=O) groups is 6. The zero-order valence-electron chi connectivity index (χ0n) is 28.9. The van der Waals surface area contributed by atoms with Crippen molar-refractivity contribution in [3.63, 3.8) is 0 Å². The summed E-state index contributed by atoms with van der Waals surface area (Å²) in [6, 6.07) is 5.45. The van der Waals surface area contributed by atoms with E-state index in [9.17, 15) is 37.2 Å². The third kappa shape index (κ3) is 14.8. The molecule has 0 saturated carbocycles. The topological polar surface area (TPSA) is 206 Å². The highest BCUT2D eigenvalue weighted by atomic mass is 32.2. The van der Waals surface area contributed by atoms with Gasteiger partial charge in [-0.25, -0.2) is 18.0 Å². The first-order valence-corrected chi connectivity index (χ1v) is 18.6. The summed E-state index contributed by atoms with van der Waals surface area (Å²) in [5, 5.41) is 10.5. The summed E-state index contributed by atoms with van der Waals surface area (Å²) in [7, 11) is -3.40. The second-order valence-corrected chi connectivity index (χ2v) is 15.0. The largest absolute Gasteiger partial charge is 0.448 e. The Morgan fingerprint density at radius 2 is 1.63 bits per heavy atom. The molecule has 1 aromatic rings. The van der Waals surface area contributed by atoms with Gasteiger partial charge in [0.1, 0.15) is 37.6 Å². The van der Waals surface area contributed by atoms with Crippen LogP contribution in [0.25, 0.3) is 0 Å². The van der Waals surface area contributed by atoms with Crippen LogP contribution in [0.1, 0.15) is 65.4 Å². The fourth-order valence-electron chi connectivity index (χ4n) is 5.04. The van der Waals surface area contributed by atoms with Gasteiger partial charge >= 0.3 is 12.2 Å². The van der Waals surface area contributed by atoms with Gasteiger partial charge in [0, 0.05) is 19.3 Å². The lowest BCUT2D eigenvalue weighted by Crippen LogP contribution is -2.58. The molecule has 1 aliphatic heterocycles. The number of nitrogens with zero attached hydrogens (tertiary/aromatic N) is 1. The van der Waals surface area contributed by atoms with Crippen LogP contribution in [0.2, 0.25) is 0 Å². The highest BCUT2D eigenvalue weighted by Crippen LogP contribution is 2.21. The Kier molecular flexibility index (Phi) is 17.0. The van der Waals surface area contributed by atoms with Crippen molar-refractivity contribution >= 4 is 46.0 Å². The SMILES string of the molecule is CC(C)[C@H](NC(=O)[C@H](CCCCNC(=O)OCc1ccccc1)NC(=O)OCCS(C)(=O)=O)C(=O)N1CCC[C@H]1C(=O)N[C@H](C=O)C(C)C. The zero-order chi connectivity index (χ0) is 36.6. The number of rotatable bonds is 19. The molecule has 15 nitrogen and oxygen atoms in total. The number of alkyl carbamates (subject to hydrolysis) is 2. The summed E-state index contributed by atoms with van der Waals surface area (Å²) in [5.74, 6) is -2.53. The van der Waals surface area contributed by atoms with Crippen LogP contribution in [0.5, 0.6) is 0 Å².